The Morgan fingerprint density at radius 2 is 1.97 bits per heavy atom. The van der Waals surface area contributed by atoms with Gasteiger partial charge in [0.15, 0.2) is 16.3 Å². The normalized spacial score (nSPS) is 11.3. The van der Waals surface area contributed by atoms with Gasteiger partial charge in [0.1, 0.15) is 17.8 Å². The van der Waals surface area contributed by atoms with Crippen molar-refractivity contribution >= 4 is 43.8 Å². The van der Waals surface area contributed by atoms with Crippen molar-refractivity contribution in [3.8, 4) is 5.75 Å². The standard InChI is InChI=1S/C24H23N7O4S/c1-4-35-16-8-5-9-17-19(16)27-23(36-17)31(12-15-7-6-10-25-11-15)18(32)13-30-14-26-21-20(30)22(33)29(3)24(34)28(21)2/h5-11,14H,4,12-13H2,1-3H3. The van der Waals surface area contributed by atoms with Gasteiger partial charge in [-0.1, -0.05) is 23.5 Å². The number of pyridine rings is 1. The molecule has 0 aliphatic carbocycles. The first-order valence-electron chi connectivity index (χ1n) is 11.2. The van der Waals surface area contributed by atoms with Crippen molar-refractivity contribution in [2.24, 2.45) is 14.1 Å². The van der Waals surface area contributed by atoms with Crippen LogP contribution in [-0.2, 0) is 32.0 Å². The van der Waals surface area contributed by atoms with E-state index in [0.717, 1.165) is 14.8 Å². The van der Waals surface area contributed by atoms with Gasteiger partial charge in [0.05, 0.1) is 24.2 Å². The molecule has 5 aromatic rings. The number of carbonyl (C=O) groups excluding carboxylic acids is 1. The van der Waals surface area contributed by atoms with Gasteiger partial charge in [-0.15, -0.1) is 0 Å². The third-order valence-corrected chi connectivity index (χ3v) is 6.83. The summed E-state index contributed by atoms with van der Waals surface area (Å²) in [5.74, 6) is 0.349. The molecule has 0 spiro atoms. The molecule has 1 aromatic carbocycles. The van der Waals surface area contributed by atoms with Crippen molar-refractivity contribution in [1.29, 1.82) is 0 Å². The number of para-hydroxylation sites is 1. The first-order valence-corrected chi connectivity index (χ1v) is 12.0. The Bertz CT molecular complexity index is 1700. The van der Waals surface area contributed by atoms with Gasteiger partial charge in [0.2, 0.25) is 5.91 Å². The van der Waals surface area contributed by atoms with Gasteiger partial charge in [-0.25, -0.2) is 14.8 Å². The highest BCUT2D eigenvalue weighted by molar-refractivity contribution is 7.22. The van der Waals surface area contributed by atoms with Crippen molar-refractivity contribution in [2.45, 2.75) is 20.0 Å². The Hall–Kier alpha value is -4.32. The van der Waals surface area contributed by atoms with Crippen LogP contribution in [0.4, 0.5) is 5.13 Å². The van der Waals surface area contributed by atoms with Crippen LogP contribution in [0.15, 0.2) is 58.6 Å². The summed E-state index contributed by atoms with van der Waals surface area (Å²) in [6.07, 6.45) is 4.76. The monoisotopic (exact) mass is 505 g/mol. The minimum absolute atomic E-state index is 0.168. The molecular weight excluding hydrogens is 482 g/mol. The second-order valence-corrected chi connectivity index (χ2v) is 9.13. The zero-order valence-electron chi connectivity index (χ0n) is 19.9. The maximum Gasteiger partial charge on any atom is 0.332 e. The number of nitrogens with zero attached hydrogens (tertiary/aromatic N) is 7. The van der Waals surface area contributed by atoms with Gasteiger partial charge < -0.3 is 9.30 Å². The fraction of sp³-hybridized carbons (Fsp3) is 0.250. The van der Waals surface area contributed by atoms with E-state index >= 15 is 0 Å². The number of imidazole rings is 1. The molecule has 0 bridgehead atoms. The van der Waals surface area contributed by atoms with Crippen LogP contribution in [0, 0.1) is 0 Å². The van der Waals surface area contributed by atoms with Gasteiger partial charge >= 0.3 is 5.69 Å². The number of rotatable bonds is 7. The van der Waals surface area contributed by atoms with E-state index in [4.69, 9.17) is 9.72 Å². The van der Waals surface area contributed by atoms with Gasteiger partial charge in [-0.05, 0) is 30.7 Å². The highest BCUT2D eigenvalue weighted by Crippen LogP contribution is 2.35. The molecule has 1 amide bonds. The number of ether oxygens (including phenoxy) is 1. The molecule has 5 rings (SSSR count). The fourth-order valence-electron chi connectivity index (χ4n) is 3.98. The van der Waals surface area contributed by atoms with Crippen molar-refractivity contribution in [2.75, 3.05) is 11.5 Å². The van der Waals surface area contributed by atoms with Gasteiger partial charge in [-0.3, -0.25) is 28.6 Å². The van der Waals surface area contributed by atoms with Gasteiger partial charge in [0.25, 0.3) is 5.56 Å². The van der Waals surface area contributed by atoms with Crippen LogP contribution < -0.4 is 20.9 Å². The smallest absolute Gasteiger partial charge is 0.332 e. The first kappa shape index (κ1) is 23.4. The molecule has 0 N–H and O–H groups in total. The molecule has 0 saturated heterocycles. The molecule has 0 saturated carbocycles. The molecule has 0 fully saturated rings. The lowest BCUT2D eigenvalue weighted by Gasteiger charge is -2.20. The predicted octanol–water partition coefficient (Wildman–Crippen LogP) is 2.07. The molecule has 0 atom stereocenters. The molecular formula is C24H23N7O4S. The second kappa shape index (κ2) is 9.38. The second-order valence-electron chi connectivity index (χ2n) is 8.12. The highest BCUT2D eigenvalue weighted by Gasteiger charge is 2.24. The Morgan fingerprint density at radius 3 is 2.72 bits per heavy atom. The number of amides is 1. The average molecular weight is 506 g/mol. The van der Waals surface area contributed by atoms with Crippen LogP contribution in [0.1, 0.15) is 12.5 Å². The number of aromatic nitrogens is 6. The third-order valence-electron chi connectivity index (χ3n) is 5.79. The Labute approximate surface area is 208 Å². The number of thiazole rings is 1. The lowest BCUT2D eigenvalue weighted by molar-refractivity contribution is -0.119. The van der Waals surface area contributed by atoms with E-state index in [1.54, 1.807) is 23.4 Å². The van der Waals surface area contributed by atoms with Crippen LogP contribution in [0.2, 0.25) is 0 Å². The van der Waals surface area contributed by atoms with E-state index < -0.39 is 11.2 Å². The number of anilines is 1. The van der Waals surface area contributed by atoms with Gasteiger partial charge in [-0.2, -0.15) is 0 Å². The quantitative estimate of drug-likeness (QED) is 0.332. The number of aryl methyl sites for hydroxylation is 1. The number of fused-ring (bicyclic) bond motifs is 2. The summed E-state index contributed by atoms with van der Waals surface area (Å²) in [6, 6.07) is 9.35. The predicted molar refractivity (Wildman–Crippen MR) is 136 cm³/mol. The number of hydrogen-bond donors (Lipinski definition) is 0. The highest BCUT2D eigenvalue weighted by atomic mass is 32.1. The molecule has 184 valence electrons. The molecule has 36 heavy (non-hydrogen) atoms. The van der Waals surface area contributed by atoms with E-state index in [1.807, 2.05) is 31.2 Å². The minimum Gasteiger partial charge on any atom is -0.492 e. The van der Waals surface area contributed by atoms with Gasteiger partial charge in [0, 0.05) is 26.5 Å². The van der Waals surface area contributed by atoms with Crippen molar-refractivity contribution in [3.05, 3.63) is 75.5 Å². The van der Waals surface area contributed by atoms with Crippen LogP contribution in [0.3, 0.4) is 0 Å². The van der Waals surface area contributed by atoms with Crippen molar-refractivity contribution < 1.29 is 9.53 Å². The summed E-state index contributed by atoms with van der Waals surface area (Å²) < 4.78 is 10.4. The molecule has 0 aliphatic heterocycles. The summed E-state index contributed by atoms with van der Waals surface area (Å²) in [7, 11) is 2.93. The summed E-state index contributed by atoms with van der Waals surface area (Å²) >= 11 is 1.38. The summed E-state index contributed by atoms with van der Waals surface area (Å²) in [5, 5.41) is 0.496. The lowest BCUT2D eigenvalue weighted by Crippen LogP contribution is -2.38. The number of benzene rings is 1. The number of carbonyl (C=O) groups is 1. The van der Waals surface area contributed by atoms with Crippen molar-refractivity contribution in [3.63, 3.8) is 0 Å². The zero-order chi connectivity index (χ0) is 25.4. The summed E-state index contributed by atoms with van der Waals surface area (Å²) in [6.45, 7) is 2.47. The van der Waals surface area contributed by atoms with Crippen LogP contribution in [0.25, 0.3) is 21.4 Å². The molecule has 11 nitrogen and oxygen atoms in total. The Balaban J connectivity index is 1.57. The minimum atomic E-state index is -0.515. The maximum absolute atomic E-state index is 13.7. The average Bonchev–Trinajstić information content (AvgIpc) is 3.50. The zero-order valence-corrected chi connectivity index (χ0v) is 20.7. The topological polar surface area (TPSA) is 117 Å². The molecule has 12 heteroatoms. The first-order chi connectivity index (χ1) is 17.4. The van der Waals surface area contributed by atoms with Crippen molar-refractivity contribution in [1.82, 2.24) is 28.7 Å². The fourth-order valence-corrected chi connectivity index (χ4v) is 4.98. The molecule has 0 unspecified atom stereocenters. The van der Waals surface area contributed by atoms with E-state index in [-0.39, 0.29) is 30.2 Å². The van der Waals surface area contributed by atoms with Crippen LogP contribution in [0.5, 0.6) is 5.75 Å². The molecule has 0 aliphatic rings. The summed E-state index contributed by atoms with van der Waals surface area (Å²) in [4.78, 5) is 53.5. The van der Waals surface area contributed by atoms with E-state index in [9.17, 15) is 14.4 Å². The third kappa shape index (κ3) is 4.05. The summed E-state index contributed by atoms with van der Waals surface area (Å²) in [5.41, 5.74) is 0.901. The maximum atomic E-state index is 13.7. The molecule has 4 aromatic heterocycles. The van der Waals surface area contributed by atoms with E-state index in [1.165, 1.54) is 40.9 Å². The Kier molecular flexibility index (Phi) is 6.10. The van der Waals surface area contributed by atoms with E-state index in [0.29, 0.717) is 23.0 Å². The molecule has 0 radical (unpaired) electrons. The van der Waals surface area contributed by atoms with Crippen LogP contribution in [-0.4, -0.2) is 41.2 Å². The largest absolute Gasteiger partial charge is 0.492 e. The van der Waals surface area contributed by atoms with Crippen LogP contribution >= 0.6 is 11.3 Å². The lowest BCUT2D eigenvalue weighted by atomic mass is 10.2. The van der Waals surface area contributed by atoms with E-state index in [2.05, 4.69) is 9.97 Å². The SMILES string of the molecule is CCOc1cccc2sc(N(Cc3cccnc3)C(=O)Cn3cnc4c3c(=O)n(C)c(=O)n4C)nc12. The number of hydrogen-bond acceptors (Lipinski definition) is 8. The molecule has 4 heterocycles. The Morgan fingerprint density at radius 1 is 1.14 bits per heavy atom.